The molecule has 0 atom stereocenters. The summed E-state index contributed by atoms with van der Waals surface area (Å²) in [5, 5.41) is 0.762. The Kier molecular flexibility index (Phi) is 3.29. The number of benzene rings is 2. The van der Waals surface area contributed by atoms with E-state index in [1.165, 1.54) is 10.5 Å². The normalized spacial score (nSPS) is 11.0. The molecule has 0 spiro atoms. The molecular formula is C14H10ClNS2. The summed E-state index contributed by atoms with van der Waals surface area (Å²) in [6.45, 7) is 2.09. The number of rotatable bonds is 2. The molecule has 0 aliphatic heterocycles. The van der Waals surface area contributed by atoms with Crippen LogP contribution in [0.3, 0.4) is 0 Å². The van der Waals surface area contributed by atoms with E-state index in [1.807, 2.05) is 18.2 Å². The molecule has 0 radical (unpaired) electrons. The van der Waals surface area contributed by atoms with Crippen LogP contribution in [0.4, 0.5) is 0 Å². The molecule has 0 saturated heterocycles. The van der Waals surface area contributed by atoms with Crippen molar-refractivity contribution in [1.29, 1.82) is 0 Å². The number of hydrogen-bond acceptors (Lipinski definition) is 3. The molecule has 0 N–H and O–H groups in total. The van der Waals surface area contributed by atoms with E-state index in [0.717, 1.165) is 19.6 Å². The molecule has 4 heteroatoms. The predicted octanol–water partition coefficient (Wildman–Crippen LogP) is 5.41. The summed E-state index contributed by atoms with van der Waals surface area (Å²) in [5.41, 5.74) is 2.29. The Balaban J connectivity index is 1.92. The molecule has 0 amide bonds. The van der Waals surface area contributed by atoms with Gasteiger partial charge in [0.25, 0.3) is 0 Å². The molecule has 0 aliphatic carbocycles. The van der Waals surface area contributed by atoms with Gasteiger partial charge in [-0.3, -0.25) is 0 Å². The SMILES string of the molecule is Cc1ccc(Sc2nc3ccc(Cl)cc3s2)cc1. The van der Waals surface area contributed by atoms with Crippen molar-refractivity contribution in [1.82, 2.24) is 4.98 Å². The highest BCUT2D eigenvalue weighted by Gasteiger charge is 2.06. The number of fused-ring (bicyclic) bond motifs is 1. The van der Waals surface area contributed by atoms with Gasteiger partial charge in [0.1, 0.15) is 0 Å². The minimum atomic E-state index is 0.762. The molecule has 1 heterocycles. The second-order valence-electron chi connectivity index (χ2n) is 4.01. The summed E-state index contributed by atoms with van der Waals surface area (Å²) in [6.07, 6.45) is 0. The first-order valence-electron chi connectivity index (χ1n) is 5.51. The predicted molar refractivity (Wildman–Crippen MR) is 79.9 cm³/mol. The maximum absolute atomic E-state index is 5.98. The molecule has 1 aromatic heterocycles. The fourth-order valence-electron chi connectivity index (χ4n) is 1.63. The summed E-state index contributed by atoms with van der Waals surface area (Å²) in [4.78, 5) is 5.81. The lowest BCUT2D eigenvalue weighted by Crippen LogP contribution is -1.73. The third-order valence-corrected chi connectivity index (χ3v) is 4.88. The largest absolute Gasteiger partial charge is 0.229 e. The van der Waals surface area contributed by atoms with Gasteiger partial charge in [-0.2, -0.15) is 0 Å². The third kappa shape index (κ3) is 2.53. The fourth-order valence-corrected chi connectivity index (χ4v) is 3.94. The summed E-state index contributed by atoms with van der Waals surface area (Å²) in [7, 11) is 0. The summed E-state index contributed by atoms with van der Waals surface area (Å²) in [6, 6.07) is 14.3. The zero-order valence-electron chi connectivity index (χ0n) is 9.68. The van der Waals surface area contributed by atoms with Gasteiger partial charge in [0, 0.05) is 9.92 Å². The van der Waals surface area contributed by atoms with Crippen LogP contribution < -0.4 is 0 Å². The molecule has 1 nitrogen and oxygen atoms in total. The maximum atomic E-state index is 5.98. The van der Waals surface area contributed by atoms with Crippen molar-refractivity contribution >= 4 is 44.9 Å². The second-order valence-corrected chi connectivity index (χ2v) is 6.79. The van der Waals surface area contributed by atoms with Crippen molar-refractivity contribution < 1.29 is 0 Å². The van der Waals surface area contributed by atoms with Crippen molar-refractivity contribution in [2.45, 2.75) is 16.2 Å². The molecule has 18 heavy (non-hydrogen) atoms. The smallest absolute Gasteiger partial charge is 0.155 e. The van der Waals surface area contributed by atoms with Crippen LogP contribution in [0.15, 0.2) is 51.7 Å². The van der Waals surface area contributed by atoms with Gasteiger partial charge < -0.3 is 0 Å². The molecule has 90 valence electrons. The van der Waals surface area contributed by atoms with Crippen molar-refractivity contribution in [3.8, 4) is 0 Å². The fraction of sp³-hybridized carbons (Fsp3) is 0.0714. The van der Waals surface area contributed by atoms with E-state index < -0.39 is 0 Å². The Morgan fingerprint density at radius 1 is 1.11 bits per heavy atom. The zero-order chi connectivity index (χ0) is 12.5. The standard InChI is InChI=1S/C14H10ClNS2/c1-9-2-5-11(6-3-9)17-14-16-12-7-4-10(15)8-13(12)18-14/h2-8H,1H3. The van der Waals surface area contributed by atoms with E-state index in [2.05, 4.69) is 36.2 Å². The van der Waals surface area contributed by atoms with Crippen LogP contribution in [0, 0.1) is 6.92 Å². The van der Waals surface area contributed by atoms with Crippen LogP contribution in [0.5, 0.6) is 0 Å². The third-order valence-electron chi connectivity index (χ3n) is 2.56. The van der Waals surface area contributed by atoms with Crippen molar-refractivity contribution in [3.63, 3.8) is 0 Å². The molecule has 3 aromatic rings. The van der Waals surface area contributed by atoms with Gasteiger partial charge in [0.05, 0.1) is 10.2 Å². The van der Waals surface area contributed by atoms with Crippen LogP contribution in [-0.2, 0) is 0 Å². The lowest BCUT2D eigenvalue weighted by atomic mass is 10.2. The number of nitrogens with zero attached hydrogens (tertiary/aromatic N) is 1. The van der Waals surface area contributed by atoms with Gasteiger partial charge in [-0.25, -0.2) is 4.98 Å². The zero-order valence-corrected chi connectivity index (χ0v) is 12.1. The van der Waals surface area contributed by atoms with E-state index in [4.69, 9.17) is 11.6 Å². The van der Waals surface area contributed by atoms with Crippen LogP contribution >= 0.6 is 34.7 Å². The van der Waals surface area contributed by atoms with Crippen LogP contribution in [0.1, 0.15) is 5.56 Å². The van der Waals surface area contributed by atoms with E-state index in [0.29, 0.717) is 0 Å². The molecular weight excluding hydrogens is 282 g/mol. The molecule has 0 saturated carbocycles. The van der Waals surface area contributed by atoms with Crippen molar-refractivity contribution in [2.24, 2.45) is 0 Å². The Labute approximate surface area is 119 Å². The molecule has 2 aromatic carbocycles. The highest BCUT2D eigenvalue weighted by atomic mass is 35.5. The topological polar surface area (TPSA) is 12.9 Å². The van der Waals surface area contributed by atoms with Crippen molar-refractivity contribution in [3.05, 3.63) is 53.1 Å². The molecule has 0 aliphatic rings. The average molecular weight is 292 g/mol. The maximum Gasteiger partial charge on any atom is 0.155 e. The Morgan fingerprint density at radius 2 is 1.89 bits per heavy atom. The molecule has 0 fully saturated rings. The van der Waals surface area contributed by atoms with Gasteiger partial charge in [-0.15, -0.1) is 11.3 Å². The van der Waals surface area contributed by atoms with Gasteiger partial charge in [0.15, 0.2) is 4.34 Å². The van der Waals surface area contributed by atoms with E-state index in [1.54, 1.807) is 23.1 Å². The average Bonchev–Trinajstić information content (AvgIpc) is 2.73. The number of aromatic nitrogens is 1. The number of thiazole rings is 1. The Morgan fingerprint density at radius 3 is 2.67 bits per heavy atom. The van der Waals surface area contributed by atoms with Crippen LogP contribution in [-0.4, -0.2) is 4.98 Å². The van der Waals surface area contributed by atoms with Crippen molar-refractivity contribution in [2.75, 3.05) is 0 Å². The summed E-state index contributed by atoms with van der Waals surface area (Å²) >= 11 is 9.35. The van der Waals surface area contributed by atoms with Crippen LogP contribution in [0.25, 0.3) is 10.2 Å². The minimum absolute atomic E-state index is 0.762. The molecule has 0 bridgehead atoms. The first-order valence-corrected chi connectivity index (χ1v) is 7.52. The van der Waals surface area contributed by atoms with E-state index >= 15 is 0 Å². The molecule has 0 unspecified atom stereocenters. The quantitative estimate of drug-likeness (QED) is 0.626. The first-order chi connectivity index (χ1) is 8.70. The monoisotopic (exact) mass is 291 g/mol. The Bertz CT molecular complexity index is 689. The number of hydrogen-bond donors (Lipinski definition) is 0. The highest BCUT2D eigenvalue weighted by Crippen LogP contribution is 2.35. The van der Waals surface area contributed by atoms with E-state index in [-0.39, 0.29) is 0 Å². The highest BCUT2D eigenvalue weighted by molar-refractivity contribution is 8.01. The number of aryl methyl sites for hydroxylation is 1. The number of halogens is 1. The van der Waals surface area contributed by atoms with Gasteiger partial charge in [-0.05, 0) is 37.3 Å². The summed E-state index contributed by atoms with van der Waals surface area (Å²) < 4.78 is 2.19. The van der Waals surface area contributed by atoms with Gasteiger partial charge >= 0.3 is 0 Å². The second kappa shape index (κ2) is 4.92. The lowest BCUT2D eigenvalue weighted by Gasteiger charge is -1.97. The van der Waals surface area contributed by atoms with E-state index in [9.17, 15) is 0 Å². The first kappa shape index (κ1) is 12.0. The molecule has 3 rings (SSSR count). The lowest BCUT2D eigenvalue weighted by molar-refractivity contribution is 1.29. The van der Waals surface area contributed by atoms with Crippen LogP contribution in [0.2, 0.25) is 5.02 Å². The van der Waals surface area contributed by atoms with Gasteiger partial charge in [-0.1, -0.05) is 41.1 Å². The minimum Gasteiger partial charge on any atom is -0.229 e. The summed E-state index contributed by atoms with van der Waals surface area (Å²) in [5.74, 6) is 0. The Hall–Kier alpha value is -1.03. The van der Waals surface area contributed by atoms with Gasteiger partial charge in [0.2, 0.25) is 0 Å².